The predicted octanol–water partition coefficient (Wildman–Crippen LogP) is 3.30. The highest BCUT2D eigenvalue weighted by atomic mass is 19.1. The number of amides is 1. The van der Waals surface area contributed by atoms with Crippen molar-refractivity contribution in [3.8, 4) is 5.75 Å². The van der Waals surface area contributed by atoms with E-state index in [1.54, 1.807) is 13.0 Å². The second-order valence-corrected chi connectivity index (χ2v) is 4.58. The van der Waals surface area contributed by atoms with Crippen LogP contribution in [0.5, 0.6) is 5.75 Å². The van der Waals surface area contributed by atoms with E-state index in [-0.39, 0.29) is 22.7 Å². The molecule has 1 N–H and O–H groups in total. The number of nitro benzene ring substituents is 1. The first-order chi connectivity index (χ1) is 10.4. The smallest absolute Gasteiger partial charge is 0.270 e. The van der Waals surface area contributed by atoms with Gasteiger partial charge >= 0.3 is 0 Å². The Morgan fingerprint density at radius 3 is 2.59 bits per heavy atom. The quantitative estimate of drug-likeness (QED) is 0.694. The Labute approximate surface area is 125 Å². The number of hydrogen-bond acceptors (Lipinski definition) is 4. The third-order valence-corrected chi connectivity index (χ3v) is 3.01. The molecule has 0 fully saturated rings. The Morgan fingerprint density at radius 1 is 1.27 bits per heavy atom. The Hall–Kier alpha value is -2.96. The molecule has 7 heteroatoms. The molecule has 0 saturated heterocycles. The van der Waals surface area contributed by atoms with E-state index in [1.165, 1.54) is 31.4 Å². The highest BCUT2D eigenvalue weighted by molar-refractivity contribution is 6.06. The average Bonchev–Trinajstić information content (AvgIpc) is 2.49. The van der Waals surface area contributed by atoms with Gasteiger partial charge in [-0.2, -0.15) is 0 Å². The highest BCUT2D eigenvalue weighted by Crippen LogP contribution is 2.25. The molecule has 0 spiro atoms. The second-order valence-electron chi connectivity index (χ2n) is 4.58. The van der Waals surface area contributed by atoms with E-state index in [1.807, 2.05) is 0 Å². The summed E-state index contributed by atoms with van der Waals surface area (Å²) in [7, 11) is 1.34. The van der Waals surface area contributed by atoms with Crippen molar-refractivity contribution < 1.29 is 18.8 Å². The van der Waals surface area contributed by atoms with Crippen LogP contribution in [0.3, 0.4) is 0 Å². The number of rotatable bonds is 4. The van der Waals surface area contributed by atoms with Crippen molar-refractivity contribution >= 4 is 17.3 Å². The molecule has 1 amide bonds. The molecule has 0 aliphatic carbocycles. The lowest BCUT2D eigenvalue weighted by molar-refractivity contribution is -0.384. The summed E-state index contributed by atoms with van der Waals surface area (Å²) in [6, 6.07) is 7.97. The van der Waals surface area contributed by atoms with Crippen molar-refractivity contribution in [2.45, 2.75) is 6.92 Å². The molecule has 0 radical (unpaired) electrons. The normalized spacial score (nSPS) is 10.1. The fraction of sp³-hybridized carbons (Fsp3) is 0.133. The third-order valence-electron chi connectivity index (χ3n) is 3.01. The zero-order chi connectivity index (χ0) is 16.3. The van der Waals surface area contributed by atoms with Gasteiger partial charge in [0.25, 0.3) is 11.6 Å². The average molecular weight is 304 g/mol. The lowest BCUT2D eigenvalue weighted by Crippen LogP contribution is -2.14. The number of anilines is 1. The largest absolute Gasteiger partial charge is 0.496 e. The summed E-state index contributed by atoms with van der Waals surface area (Å²) in [5, 5.41) is 13.2. The number of benzene rings is 2. The summed E-state index contributed by atoms with van der Waals surface area (Å²) in [6.07, 6.45) is 0. The van der Waals surface area contributed by atoms with Crippen molar-refractivity contribution in [3.05, 3.63) is 63.5 Å². The van der Waals surface area contributed by atoms with Crippen LogP contribution in [-0.2, 0) is 0 Å². The zero-order valence-electron chi connectivity index (χ0n) is 11.9. The highest BCUT2D eigenvalue weighted by Gasteiger charge is 2.18. The van der Waals surface area contributed by atoms with Crippen LogP contribution in [0.4, 0.5) is 15.8 Å². The maximum Gasteiger partial charge on any atom is 0.270 e. The number of carbonyl (C=O) groups is 1. The van der Waals surface area contributed by atoms with Crippen LogP contribution in [0, 0.1) is 22.9 Å². The molecule has 0 unspecified atom stereocenters. The molecule has 2 aromatic carbocycles. The maximum absolute atomic E-state index is 13.8. The molecule has 0 atom stereocenters. The molecule has 0 saturated carbocycles. The van der Waals surface area contributed by atoms with E-state index < -0.39 is 16.6 Å². The fourth-order valence-corrected chi connectivity index (χ4v) is 1.90. The number of methoxy groups -OCH3 is 1. The number of nitro groups is 1. The molecule has 0 aromatic heterocycles. The number of ether oxygens (including phenoxy) is 1. The zero-order valence-corrected chi connectivity index (χ0v) is 11.9. The minimum Gasteiger partial charge on any atom is -0.496 e. The monoisotopic (exact) mass is 304 g/mol. The van der Waals surface area contributed by atoms with Gasteiger partial charge in [0.05, 0.1) is 23.3 Å². The van der Waals surface area contributed by atoms with E-state index in [4.69, 9.17) is 4.74 Å². The third kappa shape index (κ3) is 3.20. The Kier molecular flexibility index (Phi) is 4.36. The minimum atomic E-state index is -0.691. The first-order valence-electron chi connectivity index (χ1n) is 6.32. The van der Waals surface area contributed by atoms with Crippen LogP contribution >= 0.6 is 0 Å². The van der Waals surface area contributed by atoms with Crippen molar-refractivity contribution in [3.63, 3.8) is 0 Å². The number of non-ortho nitro benzene ring substituents is 1. The molecule has 0 heterocycles. The van der Waals surface area contributed by atoms with E-state index in [0.29, 0.717) is 5.56 Å². The van der Waals surface area contributed by atoms with Gasteiger partial charge in [0.15, 0.2) is 0 Å². The first kappa shape index (κ1) is 15.4. The number of aryl methyl sites for hydroxylation is 1. The van der Waals surface area contributed by atoms with Gasteiger partial charge < -0.3 is 10.1 Å². The van der Waals surface area contributed by atoms with Crippen LogP contribution in [0.1, 0.15) is 15.9 Å². The predicted molar refractivity (Wildman–Crippen MR) is 78.7 cm³/mol. The molecular weight excluding hydrogens is 291 g/mol. The first-order valence-corrected chi connectivity index (χ1v) is 6.32. The molecule has 6 nitrogen and oxygen atoms in total. The molecule has 2 aromatic rings. The van der Waals surface area contributed by atoms with Crippen molar-refractivity contribution in [1.29, 1.82) is 0 Å². The maximum atomic E-state index is 13.8. The number of nitrogens with one attached hydrogen (secondary N) is 1. The van der Waals surface area contributed by atoms with Gasteiger partial charge in [-0.3, -0.25) is 14.9 Å². The standard InChI is InChI=1S/C15H13FN2O4/c1-9-3-5-13(12(16)7-9)17-15(19)11-8-10(18(20)21)4-6-14(11)22-2/h3-8H,1-2H3,(H,17,19). The van der Waals surface area contributed by atoms with Gasteiger partial charge in [-0.05, 0) is 30.7 Å². The van der Waals surface area contributed by atoms with Crippen LogP contribution in [0.25, 0.3) is 0 Å². The molecule has 22 heavy (non-hydrogen) atoms. The van der Waals surface area contributed by atoms with Crippen molar-refractivity contribution in [2.24, 2.45) is 0 Å². The van der Waals surface area contributed by atoms with Gasteiger partial charge in [-0.25, -0.2) is 4.39 Å². The van der Waals surface area contributed by atoms with Crippen molar-refractivity contribution in [2.75, 3.05) is 12.4 Å². The number of carbonyl (C=O) groups excluding carboxylic acids is 1. The van der Waals surface area contributed by atoms with Crippen molar-refractivity contribution in [1.82, 2.24) is 0 Å². The minimum absolute atomic E-state index is 0.0100. The van der Waals surface area contributed by atoms with Gasteiger partial charge in [0.2, 0.25) is 0 Å². The summed E-state index contributed by atoms with van der Waals surface area (Å²) in [5.74, 6) is -1.11. The molecule has 2 rings (SSSR count). The van der Waals surface area contributed by atoms with Gasteiger partial charge in [0.1, 0.15) is 11.6 Å². The topological polar surface area (TPSA) is 81.5 Å². The SMILES string of the molecule is COc1ccc([N+](=O)[O-])cc1C(=O)Nc1ccc(C)cc1F. The summed E-state index contributed by atoms with van der Waals surface area (Å²) < 4.78 is 18.8. The molecule has 114 valence electrons. The Morgan fingerprint density at radius 2 is 2.00 bits per heavy atom. The lowest BCUT2D eigenvalue weighted by Gasteiger charge is -2.10. The van der Waals surface area contributed by atoms with Crippen LogP contribution in [0.2, 0.25) is 0 Å². The van der Waals surface area contributed by atoms with Gasteiger partial charge in [-0.15, -0.1) is 0 Å². The summed E-state index contributed by atoms with van der Waals surface area (Å²) in [6.45, 7) is 1.72. The van der Waals surface area contributed by atoms with Crippen LogP contribution < -0.4 is 10.1 Å². The second kappa shape index (κ2) is 6.21. The Balaban J connectivity index is 2.35. The van der Waals surface area contributed by atoms with Crippen LogP contribution in [0.15, 0.2) is 36.4 Å². The van der Waals surface area contributed by atoms with E-state index >= 15 is 0 Å². The van der Waals surface area contributed by atoms with Gasteiger partial charge in [-0.1, -0.05) is 6.07 Å². The molecular formula is C15H13FN2O4. The molecule has 0 aliphatic rings. The lowest BCUT2D eigenvalue weighted by atomic mass is 10.1. The van der Waals surface area contributed by atoms with Crippen LogP contribution in [-0.4, -0.2) is 17.9 Å². The van der Waals surface area contributed by atoms with E-state index in [0.717, 1.165) is 6.07 Å². The molecule has 0 bridgehead atoms. The number of halogens is 1. The van der Waals surface area contributed by atoms with E-state index in [9.17, 15) is 19.3 Å². The Bertz CT molecular complexity index is 746. The number of hydrogen-bond donors (Lipinski definition) is 1. The number of nitrogens with zero attached hydrogens (tertiary/aromatic N) is 1. The summed E-state index contributed by atoms with van der Waals surface area (Å²) >= 11 is 0. The molecule has 0 aliphatic heterocycles. The summed E-state index contributed by atoms with van der Waals surface area (Å²) in [5.41, 5.74) is 0.402. The van der Waals surface area contributed by atoms with E-state index in [2.05, 4.69) is 5.32 Å². The fourth-order valence-electron chi connectivity index (χ4n) is 1.90. The van der Waals surface area contributed by atoms with Gasteiger partial charge in [0, 0.05) is 12.1 Å². The summed E-state index contributed by atoms with van der Waals surface area (Å²) in [4.78, 5) is 22.4.